The number of carbonyl (C=O) groups excluding carboxylic acids is 1. The van der Waals surface area contributed by atoms with Gasteiger partial charge in [-0.1, -0.05) is 0 Å². The number of ether oxygens (including phenoxy) is 2. The highest BCUT2D eigenvalue weighted by atomic mass is 16.5. The SMILES string of the molecule is COc1cc(C(C)=O)ccc1OC(C)(C)C(=O)O. The summed E-state index contributed by atoms with van der Waals surface area (Å²) in [6.07, 6.45) is 0. The number of carboxylic acid groups (broad SMARTS) is 1. The summed E-state index contributed by atoms with van der Waals surface area (Å²) in [5.74, 6) is -0.565. The maximum Gasteiger partial charge on any atom is 0.347 e. The Balaban J connectivity index is 3.11. The number of Topliss-reactive ketones (excluding diaryl/α,β-unsaturated/α-hetero) is 1. The molecule has 0 bridgehead atoms. The zero-order valence-electron chi connectivity index (χ0n) is 10.8. The summed E-state index contributed by atoms with van der Waals surface area (Å²) in [6.45, 7) is 4.32. The molecule has 1 aromatic rings. The van der Waals surface area contributed by atoms with Crippen LogP contribution in [-0.2, 0) is 4.79 Å². The monoisotopic (exact) mass is 252 g/mol. The first kappa shape index (κ1) is 14.0. The van der Waals surface area contributed by atoms with Crippen LogP contribution < -0.4 is 9.47 Å². The lowest BCUT2D eigenvalue weighted by Gasteiger charge is -2.23. The maximum absolute atomic E-state index is 11.2. The van der Waals surface area contributed by atoms with E-state index in [0.29, 0.717) is 11.3 Å². The number of benzene rings is 1. The standard InChI is InChI=1S/C13H16O5/c1-8(14)9-5-6-10(11(7-9)17-4)18-13(2,3)12(15)16/h5-7H,1-4H3,(H,15,16). The molecule has 0 unspecified atom stereocenters. The number of carboxylic acids is 1. The molecular formula is C13H16O5. The van der Waals surface area contributed by atoms with Gasteiger partial charge in [-0.15, -0.1) is 0 Å². The molecule has 0 aliphatic rings. The summed E-state index contributed by atoms with van der Waals surface area (Å²) in [7, 11) is 1.43. The molecule has 1 N–H and O–H groups in total. The molecule has 0 radical (unpaired) electrons. The fourth-order valence-corrected chi connectivity index (χ4v) is 1.29. The lowest BCUT2D eigenvalue weighted by atomic mass is 10.1. The van der Waals surface area contributed by atoms with E-state index in [1.165, 1.54) is 40.0 Å². The van der Waals surface area contributed by atoms with Gasteiger partial charge in [-0.3, -0.25) is 4.79 Å². The van der Waals surface area contributed by atoms with E-state index < -0.39 is 11.6 Å². The minimum absolute atomic E-state index is 0.0997. The molecule has 0 saturated heterocycles. The van der Waals surface area contributed by atoms with E-state index in [4.69, 9.17) is 14.6 Å². The van der Waals surface area contributed by atoms with E-state index in [9.17, 15) is 9.59 Å². The number of aliphatic carboxylic acids is 1. The molecule has 0 aromatic heterocycles. The predicted molar refractivity (Wildman–Crippen MR) is 65.3 cm³/mol. The Labute approximate surface area is 105 Å². The second-order valence-corrected chi connectivity index (χ2v) is 4.34. The highest BCUT2D eigenvalue weighted by Crippen LogP contribution is 2.31. The van der Waals surface area contributed by atoms with Crippen LogP contribution in [0, 0.1) is 0 Å². The Morgan fingerprint density at radius 3 is 2.28 bits per heavy atom. The van der Waals surface area contributed by atoms with Crippen molar-refractivity contribution in [1.29, 1.82) is 0 Å². The fourth-order valence-electron chi connectivity index (χ4n) is 1.29. The van der Waals surface area contributed by atoms with Gasteiger partial charge in [-0.2, -0.15) is 0 Å². The second-order valence-electron chi connectivity index (χ2n) is 4.34. The Hall–Kier alpha value is -2.04. The summed E-state index contributed by atoms with van der Waals surface area (Å²) in [6, 6.07) is 4.62. The zero-order chi connectivity index (χ0) is 13.9. The van der Waals surface area contributed by atoms with Gasteiger partial charge in [-0.05, 0) is 39.0 Å². The maximum atomic E-state index is 11.2. The number of carbonyl (C=O) groups is 2. The second kappa shape index (κ2) is 5.08. The normalized spacial score (nSPS) is 10.9. The molecule has 0 heterocycles. The van der Waals surface area contributed by atoms with E-state index in [1.54, 1.807) is 6.07 Å². The molecule has 0 fully saturated rings. The largest absolute Gasteiger partial charge is 0.493 e. The molecule has 0 atom stereocenters. The minimum Gasteiger partial charge on any atom is -0.493 e. The van der Waals surface area contributed by atoms with Crippen LogP contribution in [0.3, 0.4) is 0 Å². The van der Waals surface area contributed by atoms with Crippen molar-refractivity contribution < 1.29 is 24.2 Å². The Kier molecular flexibility index (Phi) is 3.96. The van der Waals surface area contributed by atoms with E-state index in [0.717, 1.165) is 0 Å². The molecule has 0 aliphatic heterocycles. The van der Waals surface area contributed by atoms with Gasteiger partial charge >= 0.3 is 5.97 Å². The van der Waals surface area contributed by atoms with Crippen LogP contribution in [-0.4, -0.2) is 29.6 Å². The van der Waals surface area contributed by atoms with Crippen molar-refractivity contribution in [2.75, 3.05) is 7.11 Å². The molecular weight excluding hydrogens is 236 g/mol. The Bertz CT molecular complexity index is 476. The molecule has 0 amide bonds. The number of methoxy groups -OCH3 is 1. The van der Waals surface area contributed by atoms with Crippen LogP contribution in [0.2, 0.25) is 0 Å². The number of rotatable bonds is 5. The number of hydrogen-bond donors (Lipinski definition) is 1. The lowest BCUT2D eigenvalue weighted by Crippen LogP contribution is -2.38. The third-order valence-electron chi connectivity index (χ3n) is 2.45. The molecule has 0 saturated carbocycles. The van der Waals surface area contributed by atoms with Crippen LogP contribution in [0.1, 0.15) is 31.1 Å². The van der Waals surface area contributed by atoms with E-state index in [-0.39, 0.29) is 11.5 Å². The molecule has 0 aliphatic carbocycles. The van der Waals surface area contributed by atoms with Gasteiger partial charge in [0, 0.05) is 5.56 Å². The topological polar surface area (TPSA) is 72.8 Å². The van der Waals surface area contributed by atoms with Crippen molar-refractivity contribution >= 4 is 11.8 Å². The molecule has 1 rings (SSSR count). The van der Waals surface area contributed by atoms with E-state index in [2.05, 4.69) is 0 Å². The Morgan fingerprint density at radius 1 is 1.22 bits per heavy atom. The number of hydrogen-bond acceptors (Lipinski definition) is 4. The van der Waals surface area contributed by atoms with Crippen LogP contribution >= 0.6 is 0 Å². The van der Waals surface area contributed by atoms with Crippen molar-refractivity contribution in [1.82, 2.24) is 0 Å². The van der Waals surface area contributed by atoms with E-state index >= 15 is 0 Å². The Morgan fingerprint density at radius 2 is 1.83 bits per heavy atom. The molecule has 5 nitrogen and oxygen atoms in total. The summed E-state index contributed by atoms with van der Waals surface area (Å²) < 4.78 is 10.5. The van der Waals surface area contributed by atoms with Crippen LogP contribution in [0.5, 0.6) is 11.5 Å². The zero-order valence-corrected chi connectivity index (χ0v) is 10.8. The first-order valence-corrected chi connectivity index (χ1v) is 5.39. The quantitative estimate of drug-likeness (QED) is 0.813. The molecule has 18 heavy (non-hydrogen) atoms. The van der Waals surface area contributed by atoms with Crippen molar-refractivity contribution in [3.05, 3.63) is 23.8 Å². The summed E-state index contributed by atoms with van der Waals surface area (Å²) in [4.78, 5) is 22.2. The summed E-state index contributed by atoms with van der Waals surface area (Å²) in [5.41, 5.74) is -0.891. The van der Waals surface area contributed by atoms with Gasteiger partial charge in [0.25, 0.3) is 0 Å². The average molecular weight is 252 g/mol. The van der Waals surface area contributed by atoms with Crippen molar-refractivity contribution in [2.24, 2.45) is 0 Å². The van der Waals surface area contributed by atoms with E-state index in [1.807, 2.05) is 0 Å². The third-order valence-corrected chi connectivity index (χ3v) is 2.45. The third kappa shape index (κ3) is 3.00. The fraction of sp³-hybridized carbons (Fsp3) is 0.385. The molecule has 98 valence electrons. The summed E-state index contributed by atoms with van der Waals surface area (Å²) >= 11 is 0. The van der Waals surface area contributed by atoms with Gasteiger partial charge in [0.2, 0.25) is 0 Å². The minimum atomic E-state index is -1.37. The first-order chi connectivity index (χ1) is 8.27. The van der Waals surface area contributed by atoms with Gasteiger partial charge in [0.1, 0.15) is 0 Å². The van der Waals surface area contributed by atoms with Crippen molar-refractivity contribution in [3.8, 4) is 11.5 Å². The van der Waals surface area contributed by atoms with Crippen LogP contribution in [0.4, 0.5) is 0 Å². The predicted octanol–water partition coefficient (Wildman–Crippen LogP) is 2.14. The smallest absolute Gasteiger partial charge is 0.347 e. The van der Waals surface area contributed by atoms with Crippen molar-refractivity contribution in [3.63, 3.8) is 0 Å². The van der Waals surface area contributed by atoms with Crippen LogP contribution in [0.25, 0.3) is 0 Å². The lowest BCUT2D eigenvalue weighted by molar-refractivity contribution is -0.152. The van der Waals surface area contributed by atoms with Crippen LogP contribution in [0.15, 0.2) is 18.2 Å². The molecule has 0 spiro atoms. The first-order valence-electron chi connectivity index (χ1n) is 5.39. The van der Waals surface area contributed by atoms with Gasteiger partial charge < -0.3 is 14.6 Å². The highest BCUT2D eigenvalue weighted by Gasteiger charge is 2.30. The van der Waals surface area contributed by atoms with Crippen molar-refractivity contribution in [2.45, 2.75) is 26.4 Å². The van der Waals surface area contributed by atoms with Gasteiger partial charge in [0.15, 0.2) is 22.9 Å². The van der Waals surface area contributed by atoms with Gasteiger partial charge in [-0.25, -0.2) is 4.79 Å². The van der Waals surface area contributed by atoms with Gasteiger partial charge in [0.05, 0.1) is 7.11 Å². The number of ketones is 1. The molecule has 5 heteroatoms. The summed E-state index contributed by atoms with van der Waals surface area (Å²) in [5, 5.41) is 8.99. The molecule has 1 aromatic carbocycles. The highest BCUT2D eigenvalue weighted by molar-refractivity contribution is 5.94. The average Bonchev–Trinajstić information content (AvgIpc) is 2.28.